The van der Waals surface area contributed by atoms with Crippen molar-refractivity contribution in [1.82, 2.24) is 0 Å². The fourth-order valence-corrected chi connectivity index (χ4v) is 0.985. The zero-order valence-corrected chi connectivity index (χ0v) is 6.60. The number of para-hydroxylation sites is 1. The fourth-order valence-electron chi connectivity index (χ4n) is 0.985. The Morgan fingerprint density at radius 2 is 2.17 bits per heavy atom. The molecule has 1 aromatic carbocycles. The number of carbonyl (C=O) groups excluding carboxylic acids is 1. The van der Waals surface area contributed by atoms with Gasteiger partial charge in [-0.25, -0.2) is 0 Å². The van der Waals surface area contributed by atoms with E-state index >= 15 is 0 Å². The molecule has 0 aliphatic carbocycles. The number of rotatable bonds is 3. The molecule has 3 nitrogen and oxygen atoms in total. The first-order chi connectivity index (χ1) is 5.74. The lowest BCUT2D eigenvalue weighted by Crippen LogP contribution is -2.24. The van der Waals surface area contributed by atoms with Crippen LogP contribution in [0.4, 0.5) is 0 Å². The van der Waals surface area contributed by atoms with Gasteiger partial charge in [-0.2, -0.15) is 0 Å². The number of aldehydes is 1. The molecule has 1 unspecified atom stereocenters. The number of nitrogens with two attached hydrogens (primary N) is 1. The first-order valence-corrected chi connectivity index (χ1v) is 3.72. The molecule has 0 heterocycles. The maximum Gasteiger partial charge on any atom is 0.137 e. The largest absolute Gasteiger partial charge is 0.508 e. The third kappa shape index (κ3) is 2.07. The van der Waals surface area contributed by atoms with E-state index in [9.17, 15) is 9.90 Å². The second-order valence-electron chi connectivity index (χ2n) is 2.63. The van der Waals surface area contributed by atoms with Gasteiger partial charge in [0.1, 0.15) is 12.0 Å². The van der Waals surface area contributed by atoms with Gasteiger partial charge < -0.3 is 15.6 Å². The number of phenolic OH excluding ortho intramolecular Hbond substituents is 1. The molecule has 1 atom stereocenters. The van der Waals surface area contributed by atoms with Crippen molar-refractivity contribution < 1.29 is 9.90 Å². The fraction of sp³-hybridized carbons (Fsp3) is 0.222. The van der Waals surface area contributed by atoms with Crippen LogP contribution in [0.3, 0.4) is 0 Å². The molecule has 1 aromatic rings. The summed E-state index contributed by atoms with van der Waals surface area (Å²) >= 11 is 0. The molecule has 3 N–H and O–H groups in total. The number of benzene rings is 1. The average Bonchev–Trinajstić information content (AvgIpc) is 2.09. The average molecular weight is 165 g/mol. The Labute approximate surface area is 70.8 Å². The van der Waals surface area contributed by atoms with E-state index in [2.05, 4.69) is 0 Å². The van der Waals surface area contributed by atoms with E-state index in [1.54, 1.807) is 24.3 Å². The lowest BCUT2D eigenvalue weighted by molar-refractivity contribution is -0.108. The van der Waals surface area contributed by atoms with Crippen molar-refractivity contribution in [3.63, 3.8) is 0 Å². The van der Waals surface area contributed by atoms with E-state index in [-0.39, 0.29) is 5.75 Å². The highest BCUT2D eigenvalue weighted by Crippen LogP contribution is 2.16. The summed E-state index contributed by atoms with van der Waals surface area (Å²) in [6, 6.07) is 6.32. The standard InChI is InChI=1S/C9H11NO2/c10-8(6-11)5-7-3-1-2-4-9(7)12/h1-4,6,8,12H,5,10H2. The summed E-state index contributed by atoms with van der Waals surface area (Å²) in [6.45, 7) is 0. The third-order valence-corrected chi connectivity index (χ3v) is 1.62. The SMILES string of the molecule is NC(C=O)Cc1ccccc1O. The predicted molar refractivity (Wildman–Crippen MR) is 45.9 cm³/mol. The lowest BCUT2D eigenvalue weighted by Gasteiger charge is -2.05. The predicted octanol–water partition coefficient (Wildman–Crippen LogP) is 0.461. The molecule has 0 saturated carbocycles. The normalized spacial score (nSPS) is 12.4. The Morgan fingerprint density at radius 1 is 1.50 bits per heavy atom. The molecule has 0 spiro atoms. The highest BCUT2D eigenvalue weighted by atomic mass is 16.3. The topological polar surface area (TPSA) is 63.3 Å². The Kier molecular flexibility index (Phi) is 2.82. The molecule has 1 rings (SSSR count). The van der Waals surface area contributed by atoms with Crippen LogP contribution in [0.5, 0.6) is 5.75 Å². The summed E-state index contributed by atoms with van der Waals surface area (Å²) in [4.78, 5) is 10.2. The number of carbonyl (C=O) groups is 1. The van der Waals surface area contributed by atoms with Gasteiger partial charge in [-0.15, -0.1) is 0 Å². The van der Waals surface area contributed by atoms with E-state index < -0.39 is 6.04 Å². The third-order valence-electron chi connectivity index (χ3n) is 1.62. The van der Waals surface area contributed by atoms with Gasteiger partial charge in [0.15, 0.2) is 0 Å². The summed E-state index contributed by atoms with van der Waals surface area (Å²) in [5.74, 6) is 0.190. The molecule has 0 aromatic heterocycles. The van der Waals surface area contributed by atoms with E-state index in [0.717, 1.165) is 0 Å². The maximum atomic E-state index is 10.2. The van der Waals surface area contributed by atoms with Crippen molar-refractivity contribution in [2.24, 2.45) is 5.73 Å². The van der Waals surface area contributed by atoms with Crippen LogP contribution in [0.25, 0.3) is 0 Å². The van der Waals surface area contributed by atoms with E-state index in [1.807, 2.05) is 0 Å². The summed E-state index contributed by atoms with van der Waals surface area (Å²) < 4.78 is 0. The highest BCUT2D eigenvalue weighted by molar-refractivity contribution is 5.58. The number of hydrogen-bond acceptors (Lipinski definition) is 3. The smallest absolute Gasteiger partial charge is 0.137 e. The second-order valence-corrected chi connectivity index (χ2v) is 2.63. The summed E-state index contributed by atoms with van der Waals surface area (Å²) in [5.41, 5.74) is 6.10. The van der Waals surface area contributed by atoms with Crippen LogP contribution in [-0.4, -0.2) is 17.4 Å². The first kappa shape index (κ1) is 8.74. The van der Waals surface area contributed by atoms with Crippen molar-refractivity contribution in [2.45, 2.75) is 12.5 Å². The van der Waals surface area contributed by atoms with Crippen molar-refractivity contribution in [3.8, 4) is 5.75 Å². The minimum absolute atomic E-state index is 0.190. The summed E-state index contributed by atoms with van der Waals surface area (Å²) in [6.07, 6.45) is 1.06. The lowest BCUT2D eigenvalue weighted by atomic mass is 10.1. The summed E-state index contributed by atoms with van der Waals surface area (Å²) in [7, 11) is 0. The minimum Gasteiger partial charge on any atom is -0.508 e. The molecule has 12 heavy (non-hydrogen) atoms. The van der Waals surface area contributed by atoms with Crippen molar-refractivity contribution in [2.75, 3.05) is 0 Å². The Balaban J connectivity index is 2.75. The Morgan fingerprint density at radius 3 is 2.75 bits per heavy atom. The zero-order valence-electron chi connectivity index (χ0n) is 6.60. The number of phenols is 1. The van der Waals surface area contributed by atoms with E-state index in [4.69, 9.17) is 5.73 Å². The molecule has 0 aliphatic heterocycles. The van der Waals surface area contributed by atoms with Gasteiger partial charge >= 0.3 is 0 Å². The molecule has 0 saturated heterocycles. The highest BCUT2D eigenvalue weighted by Gasteiger charge is 2.04. The minimum atomic E-state index is -0.529. The molecular formula is C9H11NO2. The van der Waals surface area contributed by atoms with Gasteiger partial charge in [-0.1, -0.05) is 18.2 Å². The Hall–Kier alpha value is -1.35. The molecule has 3 heteroatoms. The van der Waals surface area contributed by atoms with Crippen molar-refractivity contribution in [1.29, 1.82) is 0 Å². The van der Waals surface area contributed by atoms with E-state index in [0.29, 0.717) is 18.3 Å². The second kappa shape index (κ2) is 3.88. The van der Waals surface area contributed by atoms with Crippen LogP contribution >= 0.6 is 0 Å². The quantitative estimate of drug-likeness (QED) is 0.639. The Bertz CT molecular complexity index is 273. The molecule has 0 fully saturated rings. The van der Waals surface area contributed by atoms with Gasteiger partial charge in [0.05, 0.1) is 6.04 Å². The monoisotopic (exact) mass is 165 g/mol. The maximum absolute atomic E-state index is 10.2. The molecule has 0 aliphatic rings. The van der Waals surface area contributed by atoms with Crippen LogP contribution in [0.2, 0.25) is 0 Å². The van der Waals surface area contributed by atoms with Crippen LogP contribution in [0.15, 0.2) is 24.3 Å². The summed E-state index contributed by atoms with van der Waals surface area (Å²) in [5, 5.41) is 9.28. The molecule has 0 bridgehead atoms. The van der Waals surface area contributed by atoms with E-state index in [1.165, 1.54) is 0 Å². The number of hydrogen-bond donors (Lipinski definition) is 2. The number of aromatic hydroxyl groups is 1. The van der Waals surface area contributed by atoms with Gasteiger partial charge in [-0.05, 0) is 18.1 Å². The first-order valence-electron chi connectivity index (χ1n) is 3.72. The van der Waals surface area contributed by atoms with Gasteiger partial charge in [0, 0.05) is 0 Å². The van der Waals surface area contributed by atoms with Gasteiger partial charge in [0.25, 0.3) is 0 Å². The molecule has 0 amide bonds. The zero-order chi connectivity index (χ0) is 8.97. The molecular weight excluding hydrogens is 154 g/mol. The molecule has 64 valence electrons. The van der Waals surface area contributed by atoms with Gasteiger partial charge in [-0.3, -0.25) is 0 Å². The van der Waals surface area contributed by atoms with Gasteiger partial charge in [0.2, 0.25) is 0 Å². The molecule has 0 radical (unpaired) electrons. The van der Waals surface area contributed by atoms with Crippen molar-refractivity contribution in [3.05, 3.63) is 29.8 Å². The van der Waals surface area contributed by atoms with Crippen molar-refractivity contribution >= 4 is 6.29 Å². The van der Waals surface area contributed by atoms with Crippen LogP contribution in [0.1, 0.15) is 5.56 Å². The van der Waals surface area contributed by atoms with Crippen LogP contribution in [-0.2, 0) is 11.2 Å². The van der Waals surface area contributed by atoms with Crippen LogP contribution < -0.4 is 5.73 Å². The van der Waals surface area contributed by atoms with Crippen LogP contribution in [0, 0.1) is 0 Å².